The van der Waals surface area contributed by atoms with Crippen LogP contribution in [0.2, 0.25) is 0 Å². The number of carbonyl (C=O) groups is 1. The molecule has 2 aromatic heterocycles. The van der Waals surface area contributed by atoms with Gasteiger partial charge in [0.2, 0.25) is 5.91 Å². The highest BCUT2D eigenvalue weighted by Crippen LogP contribution is 2.42. The van der Waals surface area contributed by atoms with Gasteiger partial charge in [-0.05, 0) is 42.4 Å². The van der Waals surface area contributed by atoms with Crippen LogP contribution >= 0.6 is 0 Å². The Bertz CT molecular complexity index is 764. The van der Waals surface area contributed by atoms with E-state index < -0.39 is 0 Å². The number of nitrogens with zero attached hydrogens (tertiary/aromatic N) is 5. The average molecular weight is 383 g/mol. The lowest BCUT2D eigenvalue weighted by molar-refractivity contribution is -0.138. The number of hydrogen-bond acceptors (Lipinski definition) is 5. The second-order valence-corrected chi connectivity index (χ2v) is 8.24. The second kappa shape index (κ2) is 8.41. The fourth-order valence-electron chi connectivity index (χ4n) is 4.61. The van der Waals surface area contributed by atoms with Crippen LogP contribution in [0.15, 0.2) is 43.0 Å². The van der Waals surface area contributed by atoms with Crippen LogP contribution in [0.5, 0.6) is 0 Å². The zero-order valence-electron chi connectivity index (χ0n) is 16.6. The van der Waals surface area contributed by atoms with Crippen LogP contribution in [0.25, 0.3) is 0 Å². The number of fused-ring (bicyclic) bond motifs is 1. The van der Waals surface area contributed by atoms with Gasteiger partial charge in [0.15, 0.2) is 0 Å². The molecule has 4 rings (SSSR count). The average Bonchev–Trinajstić information content (AvgIpc) is 3.35. The molecule has 4 atom stereocenters. The number of rotatable bonds is 6. The van der Waals surface area contributed by atoms with Gasteiger partial charge in [0, 0.05) is 58.5 Å². The Morgan fingerprint density at radius 1 is 1.21 bits per heavy atom. The van der Waals surface area contributed by atoms with Crippen LogP contribution in [-0.4, -0.2) is 70.4 Å². The van der Waals surface area contributed by atoms with E-state index in [4.69, 9.17) is 4.74 Å². The Morgan fingerprint density at radius 3 is 2.71 bits per heavy atom. The molecule has 1 saturated carbocycles. The SMILES string of the molecule is CN(C)C(=O)CO[C@H]1C[C@@H]2CN(Cc3cccnc3)C[C@@H]2C[C@@H]1n1cccn1. The molecule has 0 spiro atoms. The smallest absolute Gasteiger partial charge is 0.248 e. The van der Waals surface area contributed by atoms with Crippen molar-refractivity contribution in [3.05, 3.63) is 48.5 Å². The van der Waals surface area contributed by atoms with Gasteiger partial charge in [-0.15, -0.1) is 0 Å². The predicted molar refractivity (Wildman–Crippen MR) is 105 cm³/mol. The molecule has 0 bridgehead atoms. The number of hydrogen-bond donors (Lipinski definition) is 0. The van der Waals surface area contributed by atoms with Gasteiger partial charge in [-0.25, -0.2) is 0 Å². The van der Waals surface area contributed by atoms with Gasteiger partial charge in [-0.3, -0.25) is 19.4 Å². The lowest BCUT2D eigenvalue weighted by atomic mass is 9.77. The fourth-order valence-corrected chi connectivity index (χ4v) is 4.61. The molecule has 1 aliphatic heterocycles. The topological polar surface area (TPSA) is 63.5 Å². The molecule has 0 radical (unpaired) electrons. The first-order valence-electron chi connectivity index (χ1n) is 10.0. The number of carbonyl (C=O) groups excluding carboxylic acids is 1. The van der Waals surface area contributed by atoms with Gasteiger partial charge >= 0.3 is 0 Å². The predicted octanol–water partition coefficient (Wildman–Crippen LogP) is 1.83. The number of amides is 1. The van der Waals surface area contributed by atoms with E-state index in [1.165, 1.54) is 5.56 Å². The number of likely N-dealkylation sites (N-methyl/N-ethyl adjacent to an activating group) is 1. The lowest BCUT2D eigenvalue weighted by Crippen LogP contribution is -2.40. The molecule has 2 aliphatic rings. The van der Waals surface area contributed by atoms with E-state index in [-0.39, 0.29) is 24.7 Å². The van der Waals surface area contributed by atoms with Crippen LogP contribution in [0, 0.1) is 11.8 Å². The van der Waals surface area contributed by atoms with Gasteiger partial charge in [-0.2, -0.15) is 5.10 Å². The summed E-state index contributed by atoms with van der Waals surface area (Å²) in [7, 11) is 3.53. The Balaban J connectivity index is 1.43. The van der Waals surface area contributed by atoms with Crippen molar-refractivity contribution in [1.29, 1.82) is 0 Å². The molecule has 0 unspecified atom stereocenters. The monoisotopic (exact) mass is 383 g/mol. The maximum Gasteiger partial charge on any atom is 0.248 e. The van der Waals surface area contributed by atoms with Crippen LogP contribution in [0.4, 0.5) is 0 Å². The molecule has 7 nitrogen and oxygen atoms in total. The Labute approximate surface area is 166 Å². The van der Waals surface area contributed by atoms with Crippen LogP contribution in [-0.2, 0) is 16.1 Å². The summed E-state index contributed by atoms with van der Waals surface area (Å²) in [6, 6.07) is 6.28. The molecule has 3 heterocycles. The molecule has 1 saturated heterocycles. The summed E-state index contributed by atoms with van der Waals surface area (Å²) in [5.41, 5.74) is 1.26. The summed E-state index contributed by atoms with van der Waals surface area (Å²) in [5.74, 6) is 1.24. The van der Waals surface area contributed by atoms with E-state index in [2.05, 4.69) is 21.0 Å². The molecule has 7 heteroatoms. The molecule has 1 amide bonds. The molecule has 150 valence electrons. The van der Waals surface area contributed by atoms with Gasteiger partial charge < -0.3 is 9.64 Å². The van der Waals surface area contributed by atoms with E-state index in [1.807, 2.05) is 41.6 Å². The molecular weight excluding hydrogens is 354 g/mol. The first kappa shape index (κ1) is 19.1. The van der Waals surface area contributed by atoms with Crippen LogP contribution in [0.1, 0.15) is 24.4 Å². The first-order valence-corrected chi connectivity index (χ1v) is 10.0. The van der Waals surface area contributed by atoms with E-state index in [0.29, 0.717) is 11.8 Å². The van der Waals surface area contributed by atoms with Crippen molar-refractivity contribution in [2.24, 2.45) is 11.8 Å². The lowest BCUT2D eigenvalue weighted by Gasteiger charge is -2.38. The van der Waals surface area contributed by atoms with Gasteiger partial charge in [0.25, 0.3) is 0 Å². The molecule has 2 aromatic rings. The van der Waals surface area contributed by atoms with Crippen molar-refractivity contribution in [3.63, 3.8) is 0 Å². The third-order valence-corrected chi connectivity index (χ3v) is 6.07. The van der Waals surface area contributed by atoms with Crippen molar-refractivity contribution < 1.29 is 9.53 Å². The standard InChI is InChI=1S/C21H29N5O2/c1-24(2)21(27)15-28-20-10-18-14-25(12-16-5-3-6-22-11-16)13-17(18)9-19(20)26-8-4-7-23-26/h3-8,11,17-20H,9-10,12-15H2,1-2H3/t17-,18+,19-,20-/m0/s1. The summed E-state index contributed by atoms with van der Waals surface area (Å²) in [6.07, 6.45) is 9.63. The number of aromatic nitrogens is 3. The Morgan fingerprint density at radius 2 is 2.04 bits per heavy atom. The van der Waals surface area contributed by atoms with Crippen molar-refractivity contribution in [2.75, 3.05) is 33.8 Å². The fraction of sp³-hybridized carbons (Fsp3) is 0.571. The van der Waals surface area contributed by atoms with E-state index in [0.717, 1.165) is 32.5 Å². The van der Waals surface area contributed by atoms with E-state index >= 15 is 0 Å². The van der Waals surface area contributed by atoms with Crippen LogP contribution in [0.3, 0.4) is 0 Å². The molecular formula is C21H29N5O2. The van der Waals surface area contributed by atoms with E-state index in [9.17, 15) is 4.79 Å². The first-order chi connectivity index (χ1) is 13.6. The maximum absolute atomic E-state index is 12.0. The third-order valence-electron chi connectivity index (χ3n) is 6.07. The largest absolute Gasteiger partial charge is 0.366 e. The zero-order chi connectivity index (χ0) is 19.5. The quantitative estimate of drug-likeness (QED) is 0.762. The highest BCUT2D eigenvalue weighted by Gasteiger charge is 2.43. The van der Waals surface area contributed by atoms with Crippen molar-refractivity contribution in [3.8, 4) is 0 Å². The number of likely N-dealkylation sites (tertiary alicyclic amines) is 1. The molecule has 2 fully saturated rings. The summed E-state index contributed by atoms with van der Waals surface area (Å²) >= 11 is 0. The summed E-state index contributed by atoms with van der Waals surface area (Å²) in [5, 5.41) is 4.47. The van der Waals surface area contributed by atoms with Crippen molar-refractivity contribution >= 4 is 5.91 Å². The summed E-state index contributed by atoms with van der Waals surface area (Å²) in [6.45, 7) is 3.25. The molecule has 0 N–H and O–H groups in total. The normalized spacial score (nSPS) is 27.5. The molecule has 28 heavy (non-hydrogen) atoms. The van der Waals surface area contributed by atoms with Gasteiger partial charge in [0.05, 0.1) is 12.1 Å². The zero-order valence-corrected chi connectivity index (χ0v) is 16.6. The molecule has 0 aromatic carbocycles. The number of ether oxygens (including phenoxy) is 1. The minimum atomic E-state index is 0.00552. The van der Waals surface area contributed by atoms with Gasteiger partial charge in [0.1, 0.15) is 6.61 Å². The Hall–Kier alpha value is -2.25. The van der Waals surface area contributed by atoms with Crippen LogP contribution < -0.4 is 0 Å². The Kier molecular flexibility index (Phi) is 5.73. The molecule has 1 aliphatic carbocycles. The van der Waals surface area contributed by atoms with Crippen molar-refractivity contribution in [1.82, 2.24) is 24.6 Å². The third kappa shape index (κ3) is 4.25. The van der Waals surface area contributed by atoms with Gasteiger partial charge in [-0.1, -0.05) is 6.07 Å². The minimum Gasteiger partial charge on any atom is -0.366 e. The van der Waals surface area contributed by atoms with Crippen molar-refractivity contribution in [2.45, 2.75) is 31.5 Å². The summed E-state index contributed by atoms with van der Waals surface area (Å²) in [4.78, 5) is 20.4. The summed E-state index contributed by atoms with van der Waals surface area (Å²) < 4.78 is 8.14. The minimum absolute atomic E-state index is 0.00552. The second-order valence-electron chi connectivity index (χ2n) is 8.24. The maximum atomic E-state index is 12.0. The highest BCUT2D eigenvalue weighted by atomic mass is 16.5. The highest BCUT2D eigenvalue weighted by molar-refractivity contribution is 5.76. The van der Waals surface area contributed by atoms with E-state index in [1.54, 1.807) is 19.0 Å². The number of pyridine rings is 1.